The number of rotatable bonds is 3. The molecular weight excluding hydrogens is 352 g/mol. The Morgan fingerprint density at radius 3 is 2.64 bits per heavy atom. The normalized spacial score (nSPS) is 24.1. The number of nitrogens with zero attached hydrogens (tertiary/aromatic N) is 2. The second kappa shape index (κ2) is 7.28. The minimum Gasteiger partial charge on any atom is -0.361 e. The SMILES string of the molecule is CC1C(=O)Nc2cc(C(=O)N3C[C@@H](CN)[C@H](c4ccccc4)C3)ccc2N1C. The molecule has 3 N–H and O–H groups in total. The lowest BCUT2D eigenvalue weighted by atomic mass is 9.89. The number of hydrogen-bond acceptors (Lipinski definition) is 4. The van der Waals surface area contributed by atoms with Crippen molar-refractivity contribution in [1.82, 2.24) is 4.90 Å². The van der Waals surface area contributed by atoms with Gasteiger partial charge in [0.2, 0.25) is 5.91 Å². The molecule has 4 rings (SSSR count). The zero-order valence-corrected chi connectivity index (χ0v) is 16.3. The summed E-state index contributed by atoms with van der Waals surface area (Å²) in [4.78, 5) is 29.1. The van der Waals surface area contributed by atoms with Crippen LogP contribution < -0.4 is 16.0 Å². The van der Waals surface area contributed by atoms with Crippen LogP contribution in [-0.4, -0.2) is 49.4 Å². The molecule has 0 radical (unpaired) electrons. The van der Waals surface area contributed by atoms with Gasteiger partial charge >= 0.3 is 0 Å². The van der Waals surface area contributed by atoms with Gasteiger partial charge in [0.15, 0.2) is 0 Å². The summed E-state index contributed by atoms with van der Waals surface area (Å²) in [5, 5.41) is 2.91. The molecule has 28 heavy (non-hydrogen) atoms. The van der Waals surface area contributed by atoms with Crippen molar-refractivity contribution in [3.63, 3.8) is 0 Å². The predicted molar refractivity (Wildman–Crippen MR) is 111 cm³/mol. The Balaban J connectivity index is 1.57. The average molecular weight is 378 g/mol. The Labute approximate surface area is 165 Å². The number of carbonyl (C=O) groups excluding carboxylic acids is 2. The Morgan fingerprint density at radius 1 is 1.18 bits per heavy atom. The molecule has 1 saturated heterocycles. The maximum Gasteiger partial charge on any atom is 0.253 e. The van der Waals surface area contributed by atoms with E-state index in [1.807, 2.05) is 54.1 Å². The fourth-order valence-corrected chi connectivity index (χ4v) is 4.23. The number of likely N-dealkylation sites (N-methyl/N-ethyl adjacent to an activating group) is 1. The second-order valence-electron chi connectivity index (χ2n) is 7.73. The molecule has 0 aromatic heterocycles. The number of fused-ring (bicyclic) bond motifs is 1. The number of nitrogens with one attached hydrogen (secondary N) is 1. The van der Waals surface area contributed by atoms with Gasteiger partial charge in [0, 0.05) is 31.6 Å². The number of nitrogens with two attached hydrogens (primary N) is 1. The van der Waals surface area contributed by atoms with Crippen LogP contribution in [0.2, 0.25) is 0 Å². The fraction of sp³-hybridized carbons (Fsp3) is 0.364. The molecule has 1 unspecified atom stereocenters. The molecule has 1 fully saturated rings. The molecule has 2 aliphatic heterocycles. The van der Waals surface area contributed by atoms with E-state index >= 15 is 0 Å². The first kappa shape index (κ1) is 18.5. The van der Waals surface area contributed by atoms with E-state index in [0.29, 0.717) is 30.9 Å². The van der Waals surface area contributed by atoms with Gasteiger partial charge in [-0.1, -0.05) is 30.3 Å². The molecule has 0 spiro atoms. The van der Waals surface area contributed by atoms with Gasteiger partial charge < -0.3 is 20.9 Å². The van der Waals surface area contributed by atoms with E-state index in [0.717, 1.165) is 5.69 Å². The molecule has 3 atom stereocenters. The van der Waals surface area contributed by atoms with Gasteiger partial charge in [-0.2, -0.15) is 0 Å². The average Bonchev–Trinajstić information content (AvgIpc) is 3.16. The predicted octanol–water partition coefficient (Wildman–Crippen LogP) is 2.28. The van der Waals surface area contributed by atoms with Crippen molar-refractivity contribution in [3.05, 3.63) is 59.7 Å². The summed E-state index contributed by atoms with van der Waals surface area (Å²) < 4.78 is 0. The summed E-state index contributed by atoms with van der Waals surface area (Å²) >= 11 is 0. The van der Waals surface area contributed by atoms with E-state index in [9.17, 15) is 9.59 Å². The third-order valence-electron chi connectivity index (χ3n) is 6.10. The summed E-state index contributed by atoms with van der Waals surface area (Å²) in [5.74, 6) is 0.415. The fourth-order valence-electron chi connectivity index (χ4n) is 4.23. The largest absolute Gasteiger partial charge is 0.361 e. The number of carbonyl (C=O) groups is 2. The lowest BCUT2D eigenvalue weighted by molar-refractivity contribution is -0.117. The summed E-state index contributed by atoms with van der Waals surface area (Å²) in [7, 11) is 1.89. The van der Waals surface area contributed by atoms with Gasteiger partial charge in [0.05, 0.1) is 11.4 Å². The summed E-state index contributed by atoms with van der Waals surface area (Å²) in [5.41, 5.74) is 9.43. The lowest BCUT2D eigenvalue weighted by Crippen LogP contribution is -2.44. The highest BCUT2D eigenvalue weighted by atomic mass is 16.2. The van der Waals surface area contributed by atoms with Gasteiger partial charge in [0.25, 0.3) is 5.91 Å². The molecule has 2 aromatic rings. The van der Waals surface area contributed by atoms with Crippen molar-refractivity contribution in [3.8, 4) is 0 Å². The lowest BCUT2D eigenvalue weighted by Gasteiger charge is -2.33. The van der Waals surface area contributed by atoms with Crippen LogP contribution in [0, 0.1) is 5.92 Å². The Kier molecular flexibility index (Phi) is 4.81. The van der Waals surface area contributed by atoms with Gasteiger partial charge in [-0.05, 0) is 43.1 Å². The van der Waals surface area contributed by atoms with Crippen LogP contribution >= 0.6 is 0 Å². The molecule has 6 nitrogen and oxygen atoms in total. The summed E-state index contributed by atoms with van der Waals surface area (Å²) in [6.07, 6.45) is 0. The zero-order valence-electron chi connectivity index (χ0n) is 16.3. The van der Waals surface area contributed by atoms with E-state index < -0.39 is 0 Å². The van der Waals surface area contributed by atoms with Crippen molar-refractivity contribution < 1.29 is 9.59 Å². The molecule has 2 aliphatic rings. The highest BCUT2D eigenvalue weighted by Crippen LogP contribution is 2.35. The second-order valence-corrected chi connectivity index (χ2v) is 7.73. The van der Waals surface area contributed by atoms with Gasteiger partial charge in [-0.25, -0.2) is 0 Å². The van der Waals surface area contributed by atoms with Crippen molar-refractivity contribution in [2.75, 3.05) is 36.9 Å². The molecule has 0 aliphatic carbocycles. The quantitative estimate of drug-likeness (QED) is 0.859. The minimum atomic E-state index is -0.232. The number of benzene rings is 2. The molecule has 0 saturated carbocycles. The topological polar surface area (TPSA) is 78.7 Å². The first-order valence-corrected chi connectivity index (χ1v) is 9.71. The smallest absolute Gasteiger partial charge is 0.253 e. The van der Waals surface area contributed by atoms with Crippen molar-refractivity contribution in [1.29, 1.82) is 0 Å². The van der Waals surface area contributed by atoms with Crippen LogP contribution in [0.1, 0.15) is 28.8 Å². The van der Waals surface area contributed by atoms with Crippen LogP contribution in [0.4, 0.5) is 11.4 Å². The van der Waals surface area contributed by atoms with Crippen LogP contribution in [-0.2, 0) is 4.79 Å². The number of hydrogen-bond donors (Lipinski definition) is 2. The minimum absolute atomic E-state index is 0.0183. The van der Waals surface area contributed by atoms with Crippen LogP contribution in [0.5, 0.6) is 0 Å². The molecule has 6 heteroatoms. The van der Waals surface area contributed by atoms with E-state index in [1.165, 1.54) is 5.56 Å². The van der Waals surface area contributed by atoms with Crippen molar-refractivity contribution in [2.45, 2.75) is 18.9 Å². The first-order valence-electron chi connectivity index (χ1n) is 9.71. The third kappa shape index (κ3) is 3.14. The highest BCUT2D eigenvalue weighted by molar-refractivity contribution is 6.05. The maximum atomic E-state index is 13.2. The van der Waals surface area contributed by atoms with Crippen LogP contribution in [0.25, 0.3) is 0 Å². The third-order valence-corrected chi connectivity index (χ3v) is 6.10. The Hall–Kier alpha value is -2.86. The van der Waals surface area contributed by atoms with E-state index in [-0.39, 0.29) is 29.7 Å². The van der Waals surface area contributed by atoms with E-state index in [2.05, 4.69) is 17.4 Å². The number of likely N-dealkylation sites (tertiary alicyclic amines) is 1. The van der Waals surface area contributed by atoms with Gasteiger partial charge in [0.1, 0.15) is 6.04 Å². The molecule has 0 bridgehead atoms. The Bertz CT molecular complexity index is 899. The molecule has 2 amide bonds. The van der Waals surface area contributed by atoms with E-state index in [4.69, 9.17) is 5.73 Å². The van der Waals surface area contributed by atoms with Crippen molar-refractivity contribution in [2.24, 2.45) is 11.7 Å². The Morgan fingerprint density at radius 2 is 1.93 bits per heavy atom. The first-order chi connectivity index (χ1) is 13.5. The number of amides is 2. The van der Waals surface area contributed by atoms with Gasteiger partial charge in [-0.3, -0.25) is 9.59 Å². The number of anilines is 2. The molecule has 2 aromatic carbocycles. The van der Waals surface area contributed by atoms with E-state index in [1.54, 1.807) is 6.07 Å². The highest BCUT2D eigenvalue weighted by Gasteiger charge is 2.36. The summed E-state index contributed by atoms with van der Waals surface area (Å²) in [6.45, 7) is 3.71. The summed E-state index contributed by atoms with van der Waals surface area (Å²) in [6, 6.07) is 15.6. The standard InChI is InChI=1S/C22H26N4O2/c1-14-21(27)24-19-10-16(8-9-20(19)25(14)2)22(28)26-12-17(11-23)18(13-26)15-6-4-3-5-7-15/h3-10,14,17-18H,11-13,23H2,1-2H3,(H,24,27)/t14?,17-,18+/m1/s1. The molecule has 146 valence electrons. The molecular formula is C22H26N4O2. The van der Waals surface area contributed by atoms with Crippen LogP contribution in [0.15, 0.2) is 48.5 Å². The van der Waals surface area contributed by atoms with Crippen LogP contribution in [0.3, 0.4) is 0 Å². The monoisotopic (exact) mass is 378 g/mol. The molecule has 2 heterocycles. The van der Waals surface area contributed by atoms with Crippen molar-refractivity contribution >= 4 is 23.2 Å². The maximum absolute atomic E-state index is 13.2. The zero-order chi connectivity index (χ0) is 19.8. The van der Waals surface area contributed by atoms with Gasteiger partial charge in [-0.15, -0.1) is 0 Å².